The molecule has 1 heterocycles. The molecule has 1 saturated heterocycles. The molecule has 80 valence electrons. The van der Waals surface area contributed by atoms with Crippen LogP contribution >= 0.6 is 0 Å². The first-order valence-corrected chi connectivity index (χ1v) is 5.81. The van der Waals surface area contributed by atoms with Crippen LogP contribution in [-0.4, -0.2) is 18.0 Å². The molecule has 1 saturated carbocycles. The normalized spacial score (nSPS) is 34.6. The van der Waals surface area contributed by atoms with Crippen molar-refractivity contribution in [3.05, 3.63) is 0 Å². The third kappa shape index (κ3) is 1.54. The van der Waals surface area contributed by atoms with Crippen LogP contribution in [0.3, 0.4) is 0 Å². The van der Waals surface area contributed by atoms with Crippen molar-refractivity contribution in [1.29, 1.82) is 0 Å². The molecule has 1 amide bonds. The molecule has 0 aromatic heterocycles. The zero-order valence-electron chi connectivity index (χ0n) is 8.72. The summed E-state index contributed by atoms with van der Waals surface area (Å²) in [5.74, 6) is 0.373. The van der Waals surface area contributed by atoms with Crippen LogP contribution in [0.2, 0.25) is 0 Å². The number of carbonyl (C=O) groups excluding carboxylic acids is 1. The maximum atomic E-state index is 11.6. The van der Waals surface area contributed by atoms with E-state index in [0.29, 0.717) is 5.92 Å². The van der Waals surface area contributed by atoms with Gasteiger partial charge in [0, 0.05) is 0 Å². The highest BCUT2D eigenvalue weighted by molar-refractivity contribution is 5.85. The van der Waals surface area contributed by atoms with Gasteiger partial charge in [-0.3, -0.25) is 4.79 Å². The zero-order valence-corrected chi connectivity index (χ0v) is 8.72. The van der Waals surface area contributed by atoms with E-state index < -0.39 is 0 Å². The minimum Gasteiger partial charge on any atom is -0.368 e. The predicted octanol–water partition coefficient (Wildman–Crippen LogP) is 1.17. The fraction of sp³-hybridized carbons (Fsp3) is 0.909. The summed E-state index contributed by atoms with van der Waals surface area (Å²) >= 11 is 0. The standard InChI is InChI=1S/C11H20N2O/c12-10(14)11(7-4-8-13-11)9-5-2-1-3-6-9/h9,13H,1-8H2,(H2,12,14)/t11-/m1/s1. The van der Waals surface area contributed by atoms with Gasteiger partial charge in [-0.2, -0.15) is 0 Å². The number of nitrogens with one attached hydrogen (secondary N) is 1. The van der Waals surface area contributed by atoms with Gasteiger partial charge in [-0.15, -0.1) is 0 Å². The number of amides is 1. The van der Waals surface area contributed by atoms with Crippen LogP contribution in [0, 0.1) is 5.92 Å². The minimum absolute atomic E-state index is 0.123. The van der Waals surface area contributed by atoms with Gasteiger partial charge in [-0.1, -0.05) is 19.3 Å². The van der Waals surface area contributed by atoms with Crippen LogP contribution in [0.15, 0.2) is 0 Å². The van der Waals surface area contributed by atoms with E-state index in [2.05, 4.69) is 5.32 Å². The van der Waals surface area contributed by atoms with E-state index in [9.17, 15) is 4.79 Å². The van der Waals surface area contributed by atoms with Crippen LogP contribution in [0.4, 0.5) is 0 Å². The summed E-state index contributed by atoms with van der Waals surface area (Å²) in [4.78, 5) is 11.6. The van der Waals surface area contributed by atoms with E-state index in [1.165, 1.54) is 32.1 Å². The van der Waals surface area contributed by atoms with E-state index in [1.807, 2.05) is 0 Å². The second-order valence-corrected chi connectivity index (χ2v) is 4.70. The monoisotopic (exact) mass is 196 g/mol. The van der Waals surface area contributed by atoms with Crippen LogP contribution in [0.25, 0.3) is 0 Å². The van der Waals surface area contributed by atoms with Gasteiger partial charge in [-0.05, 0) is 38.1 Å². The Labute approximate surface area is 85.4 Å². The molecule has 1 aliphatic heterocycles. The molecule has 0 bridgehead atoms. The fourth-order valence-electron chi connectivity index (χ4n) is 3.12. The molecule has 0 aromatic carbocycles. The Kier molecular flexibility index (Phi) is 2.77. The first kappa shape index (κ1) is 9.97. The summed E-state index contributed by atoms with van der Waals surface area (Å²) < 4.78 is 0. The van der Waals surface area contributed by atoms with E-state index in [4.69, 9.17) is 5.73 Å². The molecule has 0 spiro atoms. The van der Waals surface area contributed by atoms with E-state index in [-0.39, 0.29) is 11.4 Å². The lowest BCUT2D eigenvalue weighted by Crippen LogP contribution is -2.57. The van der Waals surface area contributed by atoms with Gasteiger partial charge in [-0.25, -0.2) is 0 Å². The maximum Gasteiger partial charge on any atom is 0.238 e. The molecule has 0 unspecified atom stereocenters. The second kappa shape index (κ2) is 3.89. The smallest absolute Gasteiger partial charge is 0.238 e. The highest BCUT2D eigenvalue weighted by Gasteiger charge is 2.45. The number of primary amides is 1. The van der Waals surface area contributed by atoms with Crippen molar-refractivity contribution in [2.75, 3.05) is 6.54 Å². The Bertz CT molecular complexity index is 215. The van der Waals surface area contributed by atoms with Crippen molar-refractivity contribution in [1.82, 2.24) is 5.32 Å². The first-order chi connectivity index (χ1) is 6.76. The summed E-state index contributed by atoms with van der Waals surface area (Å²) in [5, 5.41) is 3.36. The van der Waals surface area contributed by atoms with Gasteiger partial charge in [0.2, 0.25) is 5.91 Å². The molecule has 14 heavy (non-hydrogen) atoms. The summed E-state index contributed by atoms with van der Waals surface area (Å²) in [6.45, 7) is 0.958. The number of nitrogens with two attached hydrogens (primary N) is 1. The molecular weight excluding hydrogens is 176 g/mol. The van der Waals surface area contributed by atoms with Gasteiger partial charge in [0.1, 0.15) is 5.54 Å². The number of hydrogen-bond acceptors (Lipinski definition) is 2. The molecule has 0 aromatic rings. The second-order valence-electron chi connectivity index (χ2n) is 4.70. The van der Waals surface area contributed by atoms with E-state index in [0.717, 1.165) is 19.4 Å². The average molecular weight is 196 g/mol. The SMILES string of the molecule is NC(=O)[C@]1(C2CCCCC2)CCCN1. The predicted molar refractivity (Wildman–Crippen MR) is 55.7 cm³/mol. The number of hydrogen-bond donors (Lipinski definition) is 2. The Morgan fingerprint density at radius 3 is 2.43 bits per heavy atom. The van der Waals surface area contributed by atoms with Gasteiger partial charge in [0.25, 0.3) is 0 Å². The van der Waals surface area contributed by atoms with E-state index >= 15 is 0 Å². The van der Waals surface area contributed by atoms with Crippen molar-refractivity contribution in [3.8, 4) is 0 Å². The fourth-order valence-corrected chi connectivity index (χ4v) is 3.12. The van der Waals surface area contributed by atoms with Crippen LogP contribution in [-0.2, 0) is 4.79 Å². The molecule has 3 N–H and O–H groups in total. The van der Waals surface area contributed by atoms with Crippen molar-refractivity contribution in [3.63, 3.8) is 0 Å². The number of carbonyl (C=O) groups is 1. The minimum atomic E-state index is -0.347. The largest absolute Gasteiger partial charge is 0.368 e. The van der Waals surface area contributed by atoms with Gasteiger partial charge >= 0.3 is 0 Å². The third-order valence-corrected chi connectivity index (χ3v) is 3.93. The maximum absolute atomic E-state index is 11.6. The van der Waals surface area contributed by atoms with Crippen LogP contribution in [0.1, 0.15) is 44.9 Å². The van der Waals surface area contributed by atoms with Crippen LogP contribution < -0.4 is 11.1 Å². The summed E-state index contributed by atoms with van der Waals surface area (Å²) in [7, 11) is 0. The van der Waals surface area contributed by atoms with Gasteiger partial charge in [0.15, 0.2) is 0 Å². The molecule has 1 aliphatic carbocycles. The highest BCUT2D eigenvalue weighted by atomic mass is 16.1. The molecule has 0 radical (unpaired) electrons. The lowest BCUT2D eigenvalue weighted by Gasteiger charge is -2.37. The summed E-state index contributed by atoms with van der Waals surface area (Å²) in [5.41, 5.74) is 5.22. The molecule has 3 heteroatoms. The molecule has 2 rings (SSSR count). The van der Waals surface area contributed by atoms with Crippen molar-refractivity contribution < 1.29 is 4.79 Å². The molecule has 3 nitrogen and oxygen atoms in total. The number of rotatable bonds is 2. The lowest BCUT2D eigenvalue weighted by molar-refractivity contribution is -0.126. The van der Waals surface area contributed by atoms with Gasteiger partial charge < -0.3 is 11.1 Å². The molecule has 2 fully saturated rings. The summed E-state index contributed by atoms with van der Waals surface area (Å²) in [6, 6.07) is 0. The van der Waals surface area contributed by atoms with Crippen molar-refractivity contribution >= 4 is 5.91 Å². The Morgan fingerprint density at radius 1 is 1.21 bits per heavy atom. The Morgan fingerprint density at radius 2 is 1.93 bits per heavy atom. The topological polar surface area (TPSA) is 55.1 Å². The quantitative estimate of drug-likeness (QED) is 0.696. The Hall–Kier alpha value is -0.570. The van der Waals surface area contributed by atoms with Gasteiger partial charge in [0.05, 0.1) is 0 Å². The molecular formula is C11H20N2O. The van der Waals surface area contributed by atoms with E-state index in [1.54, 1.807) is 0 Å². The average Bonchev–Trinajstić information content (AvgIpc) is 2.69. The summed E-state index contributed by atoms with van der Waals surface area (Å²) in [6.07, 6.45) is 8.26. The highest BCUT2D eigenvalue weighted by Crippen LogP contribution is 2.37. The Balaban J connectivity index is 2.12. The zero-order chi connectivity index (χ0) is 10.0. The third-order valence-electron chi connectivity index (χ3n) is 3.93. The molecule has 2 aliphatic rings. The molecule has 1 atom stereocenters. The van der Waals surface area contributed by atoms with Crippen LogP contribution in [0.5, 0.6) is 0 Å². The lowest BCUT2D eigenvalue weighted by atomic mass is 9.73. The first-order valence-electron chi connectivity index (χ1n) is 5.81. The van der Waals surface area contributed by atoms with Crippen molar-refractivity contribution in [2.45, 2.75) is 50.5 Å². The van der Waals surface area contributed by atoms with Crippen molar-refractivity contribution in [2.24, 2.45) is 11.7 Å².